The highest BCUT2D eigenvalue weighted by molar-refractivity contribution is 5.77. The summed E-state index contributed by atoms with van der Waals surface area (Å²) in [6, 6.07) is 0. The molecule has 14 heavy (non-hydrogen) atoms. The lowest BCUT2D eigenvalue weighted by Crippen LogP contribution is -2.30. The molecular formula is C10H17NO3. The van der Waals surface area contributed by atoms with Crippen molar-refractivity contribution >= 4 is 11.9 Å². The number of nitrogens with two attached hydrogens (primary N) is 1. The van der Waals surface area contributed by atoms with Crippen molar-refractivity contribution in [1.29, 1.82) is 0 Å². The Kier molecular flexibility index (Phi) is 3.92. The van der Waals surface area contributed by atoms with Crippen LogP contribution in [-0.2, 0) is 14.3 Å². The summed E-state index contributed by atoms with van der Waals surface area (Å²) < 4.78 is 4.92. The van der Waals surface area contributed by atoms with Crippen molar-refractivity contribution < 1.29 is 14.3 Å². The van der Waals surface area contributed by atoms with Crippen LogP contribution in [0, 0.1) is 11.8 Å². The van der Waals surface area contributed by atoms with Crippen LogP contribution < -0.4 is 5.73 Å². The number of hydrogen-bond acceptors (Lipinski definition) is 3. The van der Waals surface area contributed by atoms with Crippen LogP contribution in [-0.4, -0.2) is 18.5 Å². The van der Waals surface area contributed by atoms with Crippen molar-refractivity contribution in [2.75, 3.05) is 6.61 Å². The van der Waals surface area contributed by atoms with Gasteiger partial charge in [0, 0.05) is 5.92 Å². The maximum atomic E-state index is 11.3. The monoisotopic (exact) mass is 199 g/mol. The van der Waals surface area contributed by atoms with E-state index >= 15 is 0 Å². The molecule has 0 atom stereocenters. The Morgan fingerprint density at radius 2 is 1.71 bits per heavy atom. The van der Waals surface area contributed by atoms with Gasteiger partial charge in [-0.05, 0) is 32.6 Å². The molecule has 4 heteroatoms. The standard InChI is InChI=1S/C10H17NO3/c1-2-14-10(13)8-5-3-7(4-6-8)9(11)12/h7-8H,2-6H2,1H3,(H2,11,12). The van der Waals surface area contributed by atoms with E-state index in [9.17, 15) is 9.59 Å². The molecular weight excluding hydrogens is 182 g/mol. The van der Waals surface area contributed by atoms with E-state index < -0.39 is 0 Å². The third-order valence-electron chi connectivity index (χ3n) is 2.75. The SMILES string of the molecule is CCOC(=O)C1CCC(C(N)=O)CC1. The van der Waals surface area contributed by atoms with Crippen molar-refractivity contribution in [3.05, 3.63) is 0 Å². The first kappa shape index (κ1) is 11.0. The highest BCUT2D eigenvalue weighted by atomic mass is 16.5. The summed E-state index contributed by atoms with van der Waals surface area (Å²) in [7, 11) is 0. The van der Waals surface area contributed by atoms with Crippen molar-refractivity contribution in [2.45, 2.75) is 32.6 Å². The Morgan fingerprint density at radius 3 is 2.14 bits per heavy atom. The minimum atomic E-state index is -0.243. The second-order valence-electron chi connectivity index (χ2n) is 3.70. The van der Waals surface area contributed by atoms with Crippen molar-refractivity contribution in [2.24, 2.45) is 17.6 Å². The fourth-order valence-electron chi connectivity index (χ4n) is 1.87. The van der Waals surface area contributed by atoms with Gasteiger partial charge in [-0.25, -0.2) is 0 Å². The Morgan fingerprint density at radius 1 is 1.21 bits per heavy atom. The fourth-order valence-corrected chi connectivity index (χ4v) is 1.87. The topological polar surface area (TPSA) is 69.4 Å². The average Bonchev–Trinajstić information content (AvgIpc) is 2.18. The molecule has 4 nitrogen and oxygen atoms in total. The van der Waals surface area contributed by atoms with E-state index in [0.717, 1.165) is 25.7 Å². The molecule has 1 saturated carbocycles. The molecule has 1 aliphatic carbocycles. The number of rotatable bonds is 3. The van der Waals surface area contributed by atoms with Crippen LogP contribution in [0.25, 0.3) is 0 Å². The lowest BCUT2D eigenvalue weighted by Gasteiger charge is -2.24. The molecule has 0 bridgehead atoms. The number of primary amides is 1. The summed E-state index contributed by atoms with van der Waals surface area (Å²) >= 11 is 0. The molecule has 0 spiro atoms. The molecule has 0 aliphatic heterocycles. The summed E-state index contributed by atoms with van der Waals surface area (Å²) in [5.41, 5.74) is 5.19. The number of hydrogen-bond donors (Lipinski definition) is 1. The van der Waals surface area contributed by atoms with Crippen molar-refractivity contribution in [3.63, 3.8) is 0 Å². The summed E-state index contributed by atoms with van der Waals surface area (Å²) in [4.78, 5) is 22.2. The van der Waals surface area contributed by atoms with Gasteiger partial charge in [-0.15, -0.1) is 0 Å². The third-order valence-corrected chi connectivity index (χ3v) is 2.75. The molecule has 0 unspecified atom stereocenters. The van der Waals surface area contributed by atoms with Gasteiger partial charge in [0.2, 0.25) is 5.91 Å². The van der Waals surface area contributed by atoms with Crippen molar-refractivity contribution in [3.8, 4) is 0 Å². The highest BCUT2D eigenvalue weighted by Crippen LogP contribution is 2.29. The van der Waals surface area contributed by atoms with Crippen LogP contribution in [0.15, 0.2) is 0 Å². The summed E-state index contributed by atoms with van der Waals surface area (Å²) in [5.74, 6) is -0.436. The second kappa shape index (κ2) is 4.98. The molecule has 2 N–H and O–H groups in total. The lowest BCUT2D eigenvalue weighted by molar-refractivity contribution is -0.150. The number of carbonyl (C=O) groups excluding carboxylic acids is 2. The number of amides is 1. The maximum absolute atomic E-state index is 11.3. The number of carbonyl (C=O) groups is 2. The quantitative estimate of drug-likeness (QED) is 0.685. The predicted molar refractivity (Wildman–Crippen MR) is 51.3 cm³/mol. The normalized spacial score (nSPS) is 26.9. The van der Waals surface area contributed by atoms with E-state index in [4.69, 9.17) is 10.5 Å². The lowest BCUT2D eigenvalue weighted by atomic mass is 9.82. The number of ether oxygens (including phenoxy) is 1. The van der Waals surface area contributed by atoms with E-state index in [1.54, 1.807) is 6.92 Å². The van der Waals surface area contributed by atoms with Crippen LogP contribution in [0.5, 0.6) is 0 Å². The van der Waals surface area contributed by atoms with Gasteiger partial charge in [-0.1, -0.05) is 0 Å². The van der Waals surface area contributed by atoms with E-state index in [0.29, 0.717) is 6.61 Å². The maximum Gasteiger partial charge on any atom is 0.308 e. The Hall–Kier alpha value is -1.06. The predicted octanol–water partition coefficient (Wildman–Crippen LogP) is 0.841. The van der Waals surface area contributed by atoms with E-state index in [2.05, 4.69) is 0 Å². The molecule has 80 valence electrons. The van der Waals surface area contributed by atoms with Gasteiger partial charge in [0.25, 0.3) is 0 Å². The zero-order chi connectivity index (χ0) is 10.6. The fraction of sp³-hybridized carbons (Fsp3) is 0.800. The van der Waals surface area contributed by atoms with Gasteiger partial charge in [-0.3, -0.25) is 9.59 Å². The summed E-state index contributed by atoms with van der Waals surface area (Å²) in [5, 5.41) is 0. The van der Waals surface area contributed by atoms with Crippen LogP contribution in [0.3, 0.4) is 0 Å². The third kappa shape index (κ3) is 2.72. The summed E-state index contributed by atoms with van der Waals surface area (Å²) in [6.07, 6.45) is 2.90. The summed E-state index contributed by atoms with van der Waals surface area (Å²) in [6.45, 7) is 2.22. The first-order valence-corrected chi connectivity index (χ1v) is 5.11. The minimum absolute atomic E-state index is 0.0226. The molecule has 0 aromatic rings. The molecule has 0 heterocycles. The van der Waals surface area contributed by atoms with Gasteiger partial charge >= 0.3 is 5.97 Å². The second-order valence-corrected chi connectivity index (χ2v) is 3.70. The van der Waals surface area contributed by atoms with Crippen LogP contribution >= 0.6 is 0 Å². The van der Waals surface area contributed by atoms with Crippen LogP contribution in [0.2, 0.25) is 0 Å². The molecule has 0 saturated heterocycles. The number of esters is 1. The molecule has 1 rings (SSSR count). The van der Waals surface area contributed by atoms with Crippen LogP contribution in [0.4, 0.5) is 0 Å². The Bertz CT molecular complexity index is 219. The first-order chi connectivity index (χ1) is 6.65. The Balaban J connectivity index is 2.35. The van der Waals surface area contributed by atoms with E-state index in [1.807, 2.05) is 0 Å². The zero-order valence-corrected chi connectivity index (χ0v) is 8.49. The van der Waals surface area contributed by atoms with Gasteiger partial charge in [-0.2, -0.15) is 0 Å². The molecule has 0 aromatic heterocycles. The van der Waals surface area contributed by atoms with Gasteiger partial charge in [0.1, 0.15) is 0 Å². The molecule has 0 aromatic carbocycles. The van der Waals surface area contributed by atoms with Gasteiger partial charge in [0.15, 0.2) is 0 Å². The molecule has 1 fully saturated rings. The van der Waals surface area contributed by atoms with Crippen LogP contribution in [0.1, 0.15) is 32.6 Å². The average molecular weight is 199 g/mol. The minimum Gasteiger partial charge on any atom is -0.466 e. The van der Waals surface area contributed by atoms with Crippen molar-refractivity contribution in [1.82, 2.24) is 0 Å². The van der Waals surface area contributed by atoms with Gasteiger partial charge in [0.05, 0.1) is 12.5 Å². The molecule has 1 aliphatic rings. The highest BCUT2D eigenvalue weighted by Gasteiger charge is 2.29. The van der Waals surface area contributed by atoms with E-state index in [1.165, 1.54) is 0 Å². The molecule has 1 amide bonds. The zero-order valence-electron chi connectivity index (χ0n) is 8.49. The van der Waals surface area contributed by atoms with Gasteiger partial charge < -0.3 is 10.5 Å². The van der Waals surface area contributed by atoms with E-state index in [-0.39, 0.29) is 23.7 Å². The smallest absolute Gasteiger partial charge is 0.308 e. The largest absolute Gasteiger partial charge is 0.466 e. The first-order valence-electron chi connectivity index (χ1n) is 5.11. The molecule has 0 radical (unpaired) electrons. The Labute approximate surface area is 83.8 Å².